The van der Waals surface area contributed by atoms with Crippen molar-refractivity contribution < 1.29 is 0 Å². The van der Waals surface area contributed by atoms with Crippen molar-refractivity contribution in [2.45, 2.75) is 19.3 Å². The molecular formula is C55H39N3Si. The third kappa shape index (κ3) is 4.63. The Bertz CT molecular complexity index is 3250. The van der Waals surface area contributed by atoms with Crippen molar-refractivity contribution in [3.8, 4) is 50.7 Å². The molecule has 0 spiro atoms. The SMILES string of the molecule is CC1(C)c2ccccc2-c2c1ccc1c3ccccc3n(-c3ccccc3-c3nc(-c4ccccc4)c4c(n3)-c3ccccc3[Si]4(c3ccccc3)c3ccccc3)c21. The van der Waals surface area contributed by atoms with E-state index in [0.717, 1.165) is 34.0 Å². The molecule has 0 saturated carbocycles. The van der Waals surface area contributed by atoms with Crippen LogP contribution in [-0.4, -0.2) is 22.6 Å². The first-order valence-corrected chi connectivity index (χ1v) is 22.5. The lowest BCUT2D eigenvalue weighted by molar-refractivity contribution is 0.661. The summed E-state index contributed by atoms with van der Waals surface area (Å²) in [6.07, 6.45) is 0. The summed E-state index contributed by atoms with van der Waals surface area (Å²) < 4.78 is 2.50. The van der Waals surface area contributed by atoms with Crippen LogP contribution in [0, 0.1) is 0 Å². The van der Waals surface area contributed by atoms with E-state index in [1.165, 1.54) is 70.4 Å². The van der Waals surface area contributed by atoms with E-state index in [1.54, 1.807) is 0 Å². The van der Waals surface area contributed by atoms with E-state index in [-0.39, 0.29) is 5.41 Å². The Hall–Kier alpha value is -7.14. The molecule has 1 aliphatic carbocycles. The number of benzene rings is 8. The van der Waals surface area contributed by atoms with Crippen molar-refractivity contribution in [3.63, 3.8) is 0 Å². The van der Waals surface area contributed by atoms with E-state index in [4.69, 9.17) is 9.97 Å². The van der Waals surface area contributed by atoms with Crippen LogP contribution < -0.4 is 20.7 Å². The van der Waals surface area contributed by atoms with E-state index < -0.39 is 8.07 Å². The van der Waals surface area contributed by atoms with Gasteiger partial charge in [0.05, 0.1) is 28.1 Å². The van der Waals surface area contributed by atoms with Crippen LogP contribution in [0.25, 0.3) is 72.5 Å². The lowest BCUT2D eigenvalue weighted by Gasteiger charge is -2.32. The average molecular weight is 770 g/mol. The van der Waals surface area contributed by atoms with E-state index in [1.807, 2.05) is 0 Å². The molecule has 2 aromatic heterocycles. The standard InChI is InChI=1S/C55H39N3Si/c1-55(2)44-30-16-12-27-41(44)49-45(55)35-34-40-39-26-13-17-31-46(39)58(52(40)49)47-32-18-14-28-42(47)54-56-50(36-20-6-3-7-21-36)53-51(57-54)43-29-15-19-33-48(43)59(53,37-22-8-4-9-23-37)38-24-10-5-11-25-38/h3-35H,1-2H3. The zero-order valence-corrected chi connectivity index (χ0v) is 33.9. The number of nitrogens with zero attached hydrogens (tertiary/aromatic N) is 3. The van der Waals surface area contributed by atoms with Crippen molar-refractivity contribution in [2.75, 3.05) is 0 Å². The first-order chi connectivity index (χ1) is 29.1. The van der Waals surface area contributed by atoms with Crippen LogP contribution in [0.2, 0.25) is 0 Å². The maximum atomic E-state index is 5.79. The van der Waals surface area contributed by atoms with Crippen LogP contribution >= 0.6 is 0 Å². The first kappa shape index (κ1) is 33.9. The van der Waals surface area contributed by atoms with E-state index in [9.17, 15) is 0 Å². The summed E-state index contributed by atoms with van der Waals surface area (Å²) in [6, 6.07) is 73.3. The maximum Gasteiger partial charge on any atom is 0.185 e. The van der Waals surface area contributed by atoms with E-state index in [2.05, 4.69) is 219 Å². The van der Waals surface area contributed by atoms with Crippen molar-refractivity contribution >= 4 is 50.6 Å². The quantitative estimate of drug-likeness (QED) is 0.163. The highest BCUT2D eigenvalue weighted by atomic mass is 28.3. The molecule has 0 fully saturated rings. The molecule has 59 heavy (non-hydrogen) atoms. The largest absolute Gasteiger partial charge is 0.308 e. The minimum absolute atomic E-state index is 0.129. The summed E-state index contributed by atoms with van der Waals surface area (Å²) in [5.41, 5.74) is 14.0. The van der Waals surface area contributed by atoms with Gasteiger partial charge < -0.3 is 4.57 Å². The average Bonchev–Trinajstić information content (AvgIpc) is 3.88. The van der Waals surface area contributed by atoms with Crippen molar-refractivity contribution in [1.82, 2.24) is 14.5 Å². The van der Waals surface area contributed by atoms with Gasteiger partial charge in [0.1, 0.15) is 0 Å². The molecule has 2 aliphatic rings. The Kier molecular flexibility index (Phi) is 7.29. The first-order valence-electron chi connectivity index (χ1n) is 20.5. The highest BCUT2D eigenvalue weighted by molar-refractivity contribution is 7.22. The normalized spacial score (nSPS) is 14.2. The zero-order valence-electron chi connectivity index (χ0n) is 32.9. The Morgan fingerprint density at radius 1 is 0.458 bits per heavy atom. The molecule has 0 saturated heterocycles. The second-order valence-electron chi connectivity index (χ2n) is 16.4. The Morgan fingerprint density at radius 2 is 1.03 bits per heavy atom. The number of hydrogen-bond acceptors (Lipinski definition) is 2. The number of para-hydroxylation sites is 2. The van der Waals surface area contributed by atoms with E-state index in [0.29, 0.717) is 0 Å². The van der Waals surface area contributed by atoms with Gasteiger partial charge in [0.2, 0.25) is 0 Å². The lowest BCUT2D eigenvalue weighted by atomic mass is 9.82. The van der Waals surface area contributed by atoms with Crippen molar-refractivity contribution in [3.05, 3.63) is 211 Å². The van der Waals surface area contributed by atoms with Gasteiger partial charge in [0.15, 0.2) is 13.9 Å². The number of hydrogen-bond donors (Lipinski definition) is 0. The van der Waals surface area contributed by atoms with Crippen LogP contribution in [0.5, 0.6) is 0 Å². The predicted octanol–water partition coefficient (Wildman–Crippen LogP) is 10.6. The molecule has 4 heteroatoms. The monoisotopic (exact) mass is 769 g/mol. The molecule has 0 amide bonds. The minimum atomic E-state index is -2.91. The smallest absolute Gasteiger partial charge is 0.185 e. The summed E-state index contributed by atoms with van der Waals surface area (Å²) in [5.74, 6) is 0.721. The Morgan fingerprint density at radius 3 is 1.78 bits per heavy atom. The topological polar surface area (TPSA) is 30.7 Å². The lowest BCUT2D eigenvalue weighted by Crippen LogP contribution is -2.73. The fourth-order valence-corrected chi connectivity index (χ4v) is 15.8. The van der Waals surface area contributed by atoms with E-state index >= 15 is 0 Å². The maximum absolute atomic E-state index is 5.79. The zero-order chi connectivity index (χ0) is 39.3. The van der Waals surface area contributed by atoms with Gasteiger partial charge in [-0.1, -0.05) is 196 Å². The van der Waals surface area contributed by atoms with Gasteiger partial charge in [-0.3, -0.25) is 0 Å². The number of rotatable bonds is 5. The van der Waals surface area contributed by atoms with Crippen LogP contribution in [0.4, 0.5) is 0 Å². The Balaban J connectivity index is 1.20. The minimum Gasteiger partial charge on any atom is -0.308 e. The molecule has 10 aromatic rings. The van der Waals surface area contributed by atoms with Crippen LogP contribution in [0.15, 0.2) is 200 Å². The molecule has 3 nitrogen and oxygen atoms in total. The molecule has 278 valence electrons. The molecule has 1 aliphatic heterocycles. The van der Waals surface area contributed by atoms with Gasteiger partial charge >= 0.3 is 0 Å². The molecule has 8 aromatic carbocycles. The molecule has 0 N–H and O–H groups in total. The number of aromatic nitrogens is 3. The van der Waals surface area contributed by atoms with Crippen LogP contribution in [0.3, 0.4) is 0 Å². The second-order valence-corrected chi connectivity index (χ2v) is 20.1. The molecule has 0 atom stereocenters. The predicted molar refractivity (Wildman–Crippen MR) is 247 cm³/mol. The molecule has 12 rings (SSSR count). The van der Waals surface area contributed by atoms with Gasteiger partial charge in [-0.15, -0.1) is 0 Å². The van der Waals surface area contributed by atoms with Crippen LogP contribution in [0.1, 0.15) is 25.0 Å². The van der Waals surface area contributed by atoms with Gasteiger partial charge in [-0.2, -0.15) is 0 Å². The van der Waals surface area contributed by atoms with Crippen molar-refractivity contribution in [2.24, 2.45) is 0 Å². The van der Waals surface area contributed by atoms with Gasteiger partial charge in [0, 0.05) is 43.6 Å². The summed E-state index contributed by atoms with van der Waals surface area (Å²) >= 11 is 0. The third-order valence-electron chi connectivity index (χ3n) is 13.1. The molecular weight excluding hydrogens is 731 g/mol. The summed E-state index contributed by atoms with van der Waals surface area (Å²) in [5, 5.41) is 7.73. The Labute approximate surface area is 345 Å². The fourth-order valence-electron chi connectivity index (χ4n) is 10.6. The van der Waals surface area contributed by atoms with Gasteiger partial charge in [0.25, 0.3) is 0 Å². The fraction of sp³-hybridized carbons (Fsp3) is 0.0545. The highest BCUT2D eigenvalue weighted by Gasteiger charge is 2.51. The third-order valence-corrected chi connectivity index (χ3v) is 18.0. The summed E-state index contributed by atoms with van der Waals surface area (Å²) in [4.78, 5) is 11.6. The highest BCUT2D eigenvalue weighted by Crippen LogP contribution is 2.53. The molecule has 3 heterocycles. The number of fused-ring (bicyclic) bond motifs is 10. The van der Waals surface area contributed by atoms with Gasteiger partial charge in [-0.05, 0) is 50.4 Å². The molecule has 0 bridgehead atoms. The van der Waals surface area contributed by atoms with Gasteiger partial charge in [-0.25, -0.2) is 9.97 Å². The van der Waals surface area contributed by atoms with Crippen LogP contribution in [-0.2, 0) is 5.41 Å². The molecule has 0 radical (unpaired) electrons. The second kappa shape index (κ2) is 12.7. The molecule has 0 unspecified atom stereocenters. The summed E-state index contributed by atoms with van der Waals surface area (Å²) in [7, 11) is -2.91. The summed E-state index contributed by atoms with van der Waals surface area (Å²) in [6.45, 7) is 4.72. The van der Waals surface area contributed by atoms with Crippen molar-refractivity contribution in [1.29, 1.82) is 0 Å².